The monoisotopic (exact) mass is 998 g/mol. The summed E-state index contributed by atoms with van der Waals surface area (Å²) in [6.07, 6.45) is 45.8. The van der Waals surface area contributed by atoms with Gasteiger partial charge in [0.25, 0.3) is 0 Å². The average Bonchev–Trinajstić information content (AvgIpc) is 3.36. The Labute approximate surface area is 430 Å². The molecule has 416 valence electrons. The Bertz CT molecular complexity index is 1140. The lowest BCUT2D eigenvalue weighted by molar-refractivity contribution is -0.303. The van der Waals surface area contributed by atoms with Crippen molar-refractivity contribution in [2.45, 2.75) is 345 Å². The lowest BCUT2D eigenvalue weighted by atomic mass is 9.98. The second kappa shape index (κ2) is 48.8. The number of unbranched alkanes of at least 4 members (excludes halogenated alkanes) is 38. The minimum absolute atomic E-state index is 0.258. The highest BCUT2D eigenvalue weighted by atomic mass is 16.7. The maximum Gasteiger partial charge on any atom is 0.249 e. The van der Waals surface area contributed by atoms with Crippen molar-refractivity contribution in [1.29, 1.82) is 0 Å². The number of carbonyl (C=O) groups excluding carboxylic acids is 1. The van der Waals surface area contributed by atoms with Crippen LogP contribution in [0.1, 0.15) is 290 Å². The van der Waals surface area contributed by atoms with E-state index in [4.69, 9.17) is 9.47 Å². The van der Waals surface area contributed by atoms with E-state index in [1.165, 1.54) is 212 Å². The van der Waals surface area contributed by atoms with E-state index in [1.807, 2.05) is 0 Å². The van der Waals surface area contributed by atoms with E-state index in [0.717, 1.165) is 38.5 Å². The SMILES string of the molecule is CCCCCCCCCCCCCCCCCCCCCCCCCCC/C=C/CCCC(O)C(O)C(COC1OC(CO)C(O)C(O)C1O)NC(=O)C(O)CCCCCCCCCCCCCCC. The predicted molar refractivity (Wildman–Crippen MR) is 289 cm³/mol. The van der Waals surface area contributed by atoms with Crippen molar-refractivity contribution >= 4 is 5.91 Å². The van der Waals surface area contributed by atoms with E-state index >= 15 is 0 Å². The zero-order valence-corrected chi connectivity index (χ0v) is 45.5. The molecular weight excluding hydrogens is 883 g/mol. The van der Waals surface area contributed by atoms with Gasteiger partial charge in [-0.15, -0.1) is 0 Å². The number of carbonyl (C=O) groups is 1. The third-order valence-corrected chi connectivity index (χ3v) is 14.8. The lowest BCUT2D eigenvalue weighted by Crippen LogP contribution is -2.60. The Morgan fingerprint density at radius 2 is 0.843 bits per heavy atom. The summed E-state index contributed by atoms with van der Waals surface area (Å²) in [6, 6.07) is -1.18. The Hall–Kier alpha value is -1.15. The van der Waals surface area contributed by atoms with Gasteiger partial charge < -0.3 is 50.5 Å². The molecule has 1 amide bonds. The number of hydrogen-bond acceptors (Lipinski definition) is 10. The van der Waals surface area contributed by atoms with Crippen molar-refractivity contribution in [2.75, 3.05) is 13.2 Å². The molecule has 0 spiro atoms. The summed E-state index contributed by atoms with van der Waals surface area (Å²) in [5.41, 5.74) is 0. The second-order valence-electron chi connectivity index (χ2n) is 21.4. The summed E-state index contributed by atoms with van der Waals surface area (Å²) in [5.74, 6) is -0.702. The van der Waals surface area contributed by atoms with Gasteiger partial charge in [0, 0.05) is 0 Å². The predicted octanol–water partition coefficient (Wildman–Crippen LogP) is 12.7. The normalized spacial score (nSPS) is 20.3. The molecule has 1 aliphatic heterocycles. The number of allylic oxidation sites excluding steroid dienone is 2. The molecule has 1 heterocycles. The highest BCUT2D eigenvalue weighted by molar-refractivity contribution is 5.80. The van der Waals surface area contributed by atoms with Gasteiger partial charge in [-0.2, -0.15) is 0 Å². The van der Waals surface area contributed by atoms with Gasteiger partial charge in [0.15, 0.2) is 6.29 Å². The fraction of sp³-hybridized carbons (Fsp3) is 0.949. The van der Waals surface area contributed by atoms with Crippen molar-refractivity contribution in [3.05, 3.63) is 12.2 Å². The minimum atomic E-state index is -1.66. The van der Waals surface area contributed by atoms with Gasteiger partial charge in [0.05, 0.1) is 25.4 Å². The molecule has 0 saturated carbocycles. The van der Waals surface area contributed by atoms with Crippen molar-refractivity contribution in [3.8, 4) is 0 Å². The van der Waals surface area contributed by atoms with Gasteiger partial charge >= 0.3 is 0 Å². The van der Waals surface area contributed by atoms with Gasteiger partial charge in [0.2, 0.25) is 5.91 Å². The Balaban J connectivity index is 2.23. The minimum Gasteiger partial charge on any atom is -0.394 e. The molecule has 70 heavy (non-hydrogen) atoms. The number of rotatable bonds is 52. The summed E-state index contributed by atoms with van der Waals surface area (Å²) in [5, 5.41) is 76.0. The van der Waals surface area contributed by atoms with Crippen LogP contribution in [-0.4, -0.2) is 110 Å². The zero-order chi connectivity index (χ0) is 51.1. The second-order valence-corrected chi connectivity index (χ2v) is 21.4. The first-order chi connectivity index (χ1) is 34.2. The number of amides is 1. The van der Waals surface area contributed by atoms with Crippen LogP contribution >= 0.6 is 0 Å². The van der Waals surface area contributed by atoms with E-state index in [0.29, 0.717) is 12.8 Å². The molecule has 1 aliphatic rings. The number of nitrogens with one attached hydrogen (secondary N) is 1. The van der Waals surface area contributed by atoms with E-state index in [2.05, 4.69) is 31.3 Å². The molecule has 0 aromatic heterocycles. The summed E-state index contributed by atoms with van der Waals surface area (Å²) < 4.78 is 11.1. The van der Waals surface area contributed by atoms with E-state index < -0.39 is 74.2 Å². The lowest BCUT2D eigenvalue weighted by Gasteiger charge is -2.40. The Kier molecular flexibility index (Phi) is 46.6. The van der Waals surface area contributed by atoms with Gasteiger partial charge in [-0.05, 0) is 38.5 Å². The van der Waals surface area contributed by atoms with Crippen LogP contribution in [0.3, 0.4) is 0 Å². The molecule has 0 aliphatic carbocycles. The van der Waals surface area contributed by atoms with Gasteiger partial charge in [-0.3, -0.25) is 4.79 Å². The molecule has 9 atom stereocenters. The van der Waals surface area contributed by atoms with Crippen LogP contribution in [0.25, 0.3) is 0 Å². The number of aliphatic hydroxyl groups is 7. The van der Waals surface area contributed by atoms with Gasteiger partial charge in [-0.1, -0.05) is 264 Å². The summed E-state index contributed by atoms with van der Waals surface area (Å²) >= 11 is 0. The molecule has 1 rings (SSSR count). The molecule has 0 aromatic carbocycles. The summed E-state index contributed by atoms with van der Waals surface area (Å²) in [6.45, 7) is 3.46. The molecular formula is C59H115NO10. The first kappa shape index (κ1) is 66.9. The molecule has 9 unspecified atom stereocenters. The van der Waals surface area contributed by atoms with E-state index in [9.17, 15) is 40.5 Å². The molecule has 1 fully saturated rings. The van der Waals surface area contributed by atoms with Crippen molar-refractivity contribution in [2.24, 2.45) is 0 Å². The maximum absolute atomic E-state index is 13.1. The third kappa shape index (κ3) is 36.7. The Morgan fingerprint density at radius 1 is 0.486 bits per heavy atom. The van der Waals surface area contributed by atoms with Crippen LogP contribution in [0.2, 0.25) is 0 Å². The molecule has 0 bridgehead atoms. The highest BCUT2D eigenvalue weighted by Crippen LogP contribution is 2.23. The first-order valence-electron chi connectivity index (χ1n) is 30.1. The maximum atomic E-state index is 13.1. The third-order valence-electron chi connectivity index (χ3n) is 14.8. The van der Waals surface area contributed by atoms with E-state index in [1.54, 1.807) is 0 Å². The van der Waals surface area contributed by atoms with Crippen LogP contribution in [0.15, 0.2) is 12.2 Å². The summed E-state index contributed by atoms with van der Waals surface area (Å²) in [4.78, 5) is 13.1. The fourth-order valence-electron chi connectivity index (χ4n) is 9.92. The molecule has 1 saturated heterocycles. The van der Waals surface area contributed by atoms with Crippen LogP contribution in [-0.2, 0) is 14.3 Å². The average molecular weight is 999 g/mol. The topological polar surface area (TPSA) is 189 Å². The molecule has 0 radical (unpaired) electrons. The van der Waals surface area contributed by atoms with Crippen molar-refractivity contribution in [3.63, 3.8) is 0 Å². The largest absolute Gasteiger partial charge is 0.394 e. The van der Waals surface area contributed by atoms with Crippen LogP contribution in [0.5, 0.6) is 0 Å². The van der Waals surface area contributed by atoms with Crippen molar-refractivity contribution < 1.29 is 50.0 Å². The van der Waals surface area contributed by atoms with Gasteiger partial charge in [-0.25, -0.2) is 0 Å². The van der Waals surface area contributed by atoms with E-state index in [-0.39, 0.29) is 12.8 Å². The van der Waals surface area contributed by atoms with Crippen LogP contribution < -0.4 is 5.32 Å². The number of ether oxygens (including phenoxy) is 2. The number of aliphatic hydroxyl groups excluding tert-OH is 7. The number of hydrogen-bond donors (Lipinski definition) is 8. The van der Waals surface area contributed by atoms with Crippen molar-refractivity contribution in [1.82, 2.24) is 5.32 Å². The highest BCUT2D eigenvalue weighted by Gasteiger charge is 2.44. The smallest absolute Gasteiger partial charge is 0.249 e. The van der Waals surface area contributed by atoms with Crippen LogP contribution in [0.4, 0.5) is 0 Å². The quantitative estimate of drug-likeness (QED) is 0.0215. The standard InChI is InChI=1S/C59H115NO10/c1-3-5-7-9-11-13-15-17-18-19-20-21-22-23-24-25-26-27-28-29-30-31-32-33-35-36-38-40-42-44-46-51(62)54(64)50(49-69-59-57(67)56(66)55(65)53(48-61)70-59)60-58(68)52(63)47-45-43-41-39-37-34-16-14-12-10-8-6-4-2/h38,40,50-57,59,61-67H,3-37,39,41-49H2,1-2H3,(H,60,68)/b40-38+. The molecule has 8 N–H and O–H groups in total. The van der Waals surface area contributed by atoms with Gasteiger partial charge in [0.1, 0.15) is 36.6 Å². The first-order valence-corrected chi connectivity index (χ1v) is 30.1. The van der Waals surface area contributed by atoms with Crippen LogP contribution in [0, 0.1) is 0 Å². The molecule has 0 aromatic rings. The fourth-order valence-corrected chi connectivity index (χ4v) is 9.92. The molecule has 11 nitrogen and oxygen atoms in total. The molecule has 11 heteroatoms. The zero-order valence-electron chi connectivity index (χ0n) is 45.5. The summed E-state index contributed by atoms with van der Waals surface area (Å²) in [7, 11) is 0. The Morgan fingerprint density at radius 3 is 1.23 bits per heavy atom.